The monoisotopic (exact) mass is 414 g/mol. The van der Waals surface area contributed by atoms with E-state index >= 15 is 0 Å². The predicted octanol–water partition coefficient (Wildman–Crippen LogP) is 4.26. The SMILES string of the molecule is Cc1ccc(NC(=O)CC(c2ccccc2)N2C(=O)C3C4C=CC(CC4)C3C2=O)cc1. The molecule has 4 aliphatic rings. The third kappa shape index (κ3) is 3.48. The molecule has 2 aromatic rings. The standard InChI is InChI=1S/C26H26N2O3/c1-16-7-13-20(14-8-16)27-22(29)15-21(17-5-3-2-4-6-17)28-25(30)23-18-9-10-19(12-11-18)24(23)26(28)31/h2-10,13-14,18-19,21,23-24H,11-12,15H2,1H3,(H,27,29). The van der Waals surface area contributed by atoms with Gasteiger partial charge in [0.2, 0.25) is 17.7 Å². The summed E-state index contributed by atoms with van der Waals surface area (Å²) < 4.78 is 0. The molecule has 0 radical (unpaired) electrons. The summed E-state index contributed by atoms with van der Waals surface area (Å²) in [4.78, 5) is 41.3. The Kier molecular flexibility index (Phi) is 4.97. The smallest absolute Gasteiger partial charge is 0.234 e. The number of fused-ring (bicyclic) bond motifs is 1. The van der Waals surface area contributed by atoms with Crippen LogP contribution in [-0.2, 0) is 14.4 Å². The zero-order valence-corrected chi connectivity index (χ0v) is 17.5. The Morgan fingerprint density at radius 2 is 1.52 bits per heavy atom. The van der Waals surface area contributed by atoms with Crippen LogP contribution in [0.4, 0.5) is 5.69 Å². The van der Waals surface area contributed by atoms with Gasteiger partial charge in [-0.05, 0) is 49.3 Å². The number of nitrogens with one attached hydrogen (secondary N) is 1. The molecule has 2 aromatic carbocycles. The summed E-state index contributed by atoms with van der Waals surface area (Å²) >= 11 is 0. The Balaban J connectivity index is 1.43. The molecular formula is C26H26N2O3. The molecule has 31 heavy (non-hydrogen) atoms. The van der Waals surface area contributed by atoms with Gasteiger partial charge in [-0.25, -0.2) is 0 Å². The van der Waals surface area contributed by atoms with Gasteiger partial charge >= 0.3 is 0 Å². The lowest BCUT2D eigenvalue weighted by atomic mass is 9.63. The lowest BCUT2D eigenvalue weighted by molar-refractivity contribution is -0.143. The Hall–Kier alpha value is -3.21. The second kappa shape index (κ2) is 7.80. The molecule has 6 rings (SSSR count). The first-order chi connectivity index (χ1) is 15.0. The largest absolute Gasteiger partial charge is 0.326 e. The Morgan fingerprint density at radius 3 is 2.06 bits per heavy atom. The van der Waals surface area contributed by atoms with E-state index in [4.69, 9.17) is 0 Å². The van der Waals surface area contributed by atoms with E-state index < -0.39 is 6.04 Å². The van der Waals surface area contributed by atoms with Crippen molar-refractivity contribution >= 4 is 23.4 Å². The second-order valence-electron chi connectivity index (χ2n) is 8.93. The summed E-state index contributed by atoms with van der Waals surface area (Å²) in [5, 5.41) is 2.91. The highest BCUT2D eigenvalue weighted by atomic mass is 16.2. The van der Waals surface area contributed by atoms with Gasteiger partial charge in [0.25, 0.3) is 0 Å². The van der Waals surface area contributed by atoms with Crippen molar-refractivity contribution in [1.29, 1.82) is 0 Å². The van der Waals surface area contributed by atoms with E-state index in [0.29, 0.717) is 5.69 Å². The summed E-state index contributed by atoms with van der Waals surface area (Å²) in [5.41, 5.74) is 2.62. The van der Waals surface area contributed by atoms with Gasteiger partial charge in [-0.15, -0.1) is 0 Å². The minimum Gasteiger partial charge on any atom is -0.326 e. The van der Waals surface area contributed by atoms with Crippen LogP contribution in [0.1, 0.15) is 36.4 Å². The van der Waals surface area contributed by atoms with Gasteiger partial charge in [0, 0.05) is 5.69 Å². The Bertz CT molecular complexity index is 1010. The number of nitrogens with zero attached hydrogens (tertiary/aromatic N) is 1. The van der Waals surface area contributed by atoms with E-state index in [1.54, 1.807) is 0 Å². The lowest BCUT2D eigenvalue weighted by Gasteiger charge is -2.38. The molecule has 5 heteroatoms. The fourth-order valence-corrected chi connectivity index (χ4v) is 5.46. The van der Waals surface area contributed by atoms with Crippen molar-refractivity contribution in [3.05, 3.63) is 77.9 Å². The molecule has 2 bridgehead atoms. The van der Waals surface area contributed by atoms with Crippen molar-refractivity contribution in [3.8, 4) is 0 Å². The van der Waals surface area contributed by atoms with Crippen LogP contribution in [0.25, 0.3) is 0 Å². The van der Waals surface area contributed by atoms with Crippen molar-refractivity contribution in [3.63, 3.8) is 0 Å². The predicted molar refractivity (Wildman–Crippen MR) is 118 cm³/mol. The van der Waals surface area contributed by atoms with Crippen molar-refractivity contribution in [2.24, 2.45) is 23.7 Å². The highest BCUT2D eigenvalue weighted by Gasteiger charge is 2.58. The van der Waals surface area contributed by atoms with Gasteiger partial charge < -0.3 is 5.32 Å². The normalized spacial score (nSPS) is 27.3. The van der Waals surface area contributed by atoms with Crippen LogP contribution in [0.2, 0.25) is 0 Å². The van der Waals surface area contributed by atoms with Crippen molar-refractivity contribution in [2.45, 2.75) is 32.2 Å². The third-order valence-corrected chi connectivity index (χ3v) is 7.00. The fourth-order valence-electron chi connectivity index (χ4n) is 5.46. The highest BCUT2D eigenvalue weighted by molar-refractivity contribution is 6.07. The molecule has 5 unspecified atom stereocenters. The van der Waals surface area contributed by atoms with Crippen LogP contribution >= 0.6 is 0 Å². The van der Waals surface area contributed by atoms with Crippen molar-refractivity contribution < 1.29 is 14.4 Å². The molecule has 3 amide bonds. The van der Waals surface area contributed by atoms with Crippen molar-refractivity contribution in [1.82, 2.24) is 4.90 Å². The van der Waals surface area contributed by atoms with Gasteiger partial charge in [0.05, 0.1) is 24.3 Å². The molecule has 0 spiro atoms. The van der Waals surface area contributed by atoms with E-state index in [1.165, 1.54) is 4.90 Å². The second-order valence-corrected chi connectivity index (χ2v) is 8.93. The van der Waals surface area contributed by atoms with Crippen molar-refractivity contribution in [2.75, 3.05) is 5.32 Å². The zero-order chi connectivity index (χ0) is 21.5. The molecule has 5 nitrogen and oxygen atoms in total. The fraction of sp³-hybridized carbons (Fsp3) is 0.346. The van der Waals surface area contributed by atoms with Gasteiger partial charge in [-0.2, -0.15) is 0 Å². The van der Waals surface area contributed by atoms with E-state index in [1.807, 2.05) is 61.5 Å². The van der Waals surface area contributed by atoms with E-state index in [0.717, 1.165) is 24.0 Å². The number of hydrogen-bond acceptors (Lipinski definition) is 3. The summed E-state index contributed by atoms with van der Waals surface area (Å²) in [7, 11) is 0. The maximum absolute atomic E-state index is 13.5. The highest BCUT2D eigenvalue weighted by Crippen LogP contribution is 2.51. The topological polar surface area (TPSA) is 66.5 Å². The molecule has 1 saturated carbocycles. The van der Waals surface area contributed by atoms with Gasteiger partial charge in [0.1, 0.15) is 0 Å². The number of benzene rings is 2. The average molecular weight is 415 g/mol. The van der Waals surface area contributed by atoms with Gasteiger partial charge in [-0.3, -0.25) is 19.3 Å². The molecule has 0 aromatic heterocycles. The third-order valence-electron chi connectivity index (χ3n) is 7.00. The minimum atomic E-state index is -0.600. The Morgan fingerprint density at radius 1 is 0.935 bits per heavy atom. The maximum Gasteiger partial charge on any atom is 0.234 e. The van der Waals surface area contributed by atoms with Crippen LogP contribution in [-0.4, -0.2) is 22.6 Å². The number of anilines is 1. The van der Waals surface area contributed by atoms with Crippen LogP contribution in [0.15, 0.2) is 66.7 Å². The van der Waals surface area contributed by atoms with Crippen LogP contribution in [0, 0.1) is 30.6 Å². The number of aryl methyl sites for hydroxylation is 1. The number of likely N-dealkylation sites (tertiary alicyclic amines) is 1. The first-order valence-corrected chi connectivity index (χ1v) is 11.0. The minimum absolute atomic E-state index is 0.0393. The molecule has 1 N–H and O–H groups in total. The molecule has 158 valence electrons. The summed E-state index contributed by atoms with van der Waals surface area (Å²) in [6.07, 6.45) is 6.19. The summed E-state index contributed by atoms with van der Waals surface area (Å²) in [6.45, 7) is 1.99. The van der Waals surface area contributed by atoms with Crippen LogP contribution in [0.3, 0.4) is 0 Å². The van der Waals surface area contributed by atoms with Gasteiger partial charge in [0.15, 0.2) is 0 Å². The quantitative estimate of drug-likeness (QED) is 0.587. The maximum atomic E-state index is 13.5. The lowest BCUT2D eigenvalue weighted by Crippen LogP contribution is -2.38. The number of hydrogen-bond donors (Lipinski definition) is 1. The number of imide groups is 1. The van der Waals surface area contributed by atoms with E-state index in [9.17, 15) is 14.4 Å². The molecule has 1 aliphatic heterocycles. The molecule has 3 aliphatic carbocycles. The molecule has 1 heterocycles. The van der Waals surface area contributed by atoms with Crippen LogP contribution < -0.4 is 5.32 Å². The first-order valence-electron chi connectivity index (χ1n) is 11.0. The van der Waals surface area contributed by atoms with E-state index in [2.05, 4.69) is 17.5 Å². The zero-order valence-electron chi connectivity index (χ0n) is 17.5. The molecular weight excluding hydrogens is 388 g/mol. The molecule has 2 fully saturated rings. The average Bonchev–Trinajstić information content (AvgIpc) is 3.07. The number of rotatable bonds is 5. The van der Waals surface area contributed by atoms with Crippen LogP contribution in [0.5, 0.6) is 0 Å². The number of amides is 3. The Labute approximate surface area is 182 Å². The number of carbonyl (C=O) groups excluding carboxylic acids is 3. The first kappa shape index (κ1) is 19.7. The number of allylic oxidation sites excluding steroid dienone is 2. The number of carbonyl (C=O) groups is 3. The summed E-state index contributed by atoms with van der Waals surface area (Å²) in [5.74, 6) is -0.736. The molecule has 5 atom stereocenters. The summed E-state index contributed by atoms with van der Waals surface area (Å²) in [6, 6.07) is 16.4. The molecule has 1 saturated heterocycles. The van der Waals surface area contributed by atoms with Gasteiger partial charge in [-0.1, -0.05) is 60.2 Å². The van der Waals surface area contributed by atoms with E-state index in [-0.39, 0.29) is 47.8 Å².